The van der Waals surface area contributed by atoms with Crippen molar-refractivity contribution in [2.24, 2.45) is 0 Å². The fourth-order valence-electron chi connectivity index (χ4n) is 3.51. The molecule has 2 aromatic heterocycles. The van der Waals surface area contributed by atoms with Crippen molar-refractivity contribution in [2.75, 3.05) is 44.7 Å². The van der Waals surface area contributed by atoms with Crippen LogP contribution in [-0.4, -0.2) is 64.2 Å². The highest BCUT2D eigenvalue weighted by Crippen LogP contribution is 2.26. The normalized spacial score (nSPS) is 15.3. The van der Waals surface area contributed by atoms with Gasteiger partial charge in [-0.25, -0.2) is 15.0 Å². The molecule has 142 valence electrons. The van der Waals surface area contributed by atoms with Gasteiger partial charge in [-0.3, -0.25) is 4.90 Å². The van der Waals surface area contributed by atoms with Crippen LogP contribution >= 0.6 is 0 Å². The summed E-state index contributed by atoms with van der Waals surface area (Å²) in [5.74, 6) is 1.49. The summed E-state index contributed by atoms with van der Waals surface area (Å²) in [6.07, 6.45) is 0. The smallest absolute Gasteiger partial charge is 0.161 e. The number of anilines is 1. The van der Waals surface area contributed by atoms with Gasteiger partial charge >= 0.3 is 0 Å². The molecule has 0 aliphatic carbocycles. The van der Waals surface area contributed by atoms with Crippen LogP contribution in [0, 0.1) is 0 Å². The second-order valence-electron chi connectivity index (χ2n) is 6.89. The lowest BCUT2D eigenvalue weighted by molar-refractivity contribution is 0.0398. The fourth-order valence-corrected chi connectivity index (χ4v) is 3.51. The summed E-state index contributed by atoms with van der Waals surface area (Å²) >= 11 is 0. The predicted octanol–water partition coefficient (Wildman–Crippen LogP) is 2.92. The molecule has 1 saturated heterocycles. The molecule has 1 fully saturated rings. The molecule has 0 atom stereocenters. The molecule has 4 aromatic rings. The molecule has 1 aliphatic heterocycles. The van der Waals surface area contributed by atoms with Crippen molar-refractivity contribution in [2.45, 2.75) is 0 Å². The number of hydrogen-bond donors (Lipinski definition) is 2. The number of morpholine rings is 1. The zero-order valence-electron chi connectivity index (χ0n) is 15.6. The Balaban J connectivity index is 1.47. The van der Waals surface area contributed by atoms with E-state index in [-0.39, 0.29) is 0 Å². The topological polar surface area (TPSA) is 79.0 Å². The number of nitrogens with zero attached hydrogens (tertiary/aromatic N) is 4. The standard InChI is InChI=1S/C21H22N6O/c1-2-6-16-15(5-1)23-19(21-25-17-7-3-4-8-18(17)26-21)20(24-16)22-9-10-27-11-13-28-14-12-27/h1-8H,9-14H2,(H,22,24)(H,25,26). The monoisotopic (exact) mass is 374 g/mol. The Labute approximate surface area is 162 Å². The molecule has 7 heteroatoms. The molecule has 0 unspecified atom stereocenters. The molecule has 2 aromatic carbocycles. The van der Waals surface area contributed by atoms with Crippen LogP contribution in [0.15, 0.2) is 48.5 Å². The highest BCUT2D eigenvalue weighted by Gasteiger charge is 2.16. The van der Waals surface area contributed by atoms with Gasteiger partial charge in [0, 0.05) is 26.2 Å². The SMILES string of the molecule is c1ccc2nc(-c3nc4ccccc4[nH]3)c(NCCN3CCOCC3)nc2c1. The van der Waals surface area contributed by atoms with Crippen LogP contribution in [0.5, 0.6) is 0 Å². The number of aromatic amines is 1. The lowest BCUT2D eigenvalue weighted by Gasteiger charge is -2.26. The van der Waals surface area contributed by atoms with Crippen molar-refractivity contribution >= 4 is 27.9 Å². The van der Waals surface area contributed by atoms with E-state index in [2.05, 4.69) is 15.2 Å². The van der Waals surface area contributed by atoms with Crippen LogP contribution in [-0.2, 0) is 4.74 Å². The van der Waals surface area contributed by atoms with Gasteiger partial charge in [0.2, 0.25) is 0 Å². The van der Waals surface area contributed by atoms with E-state index in [1.54, 1.807) is 0 Å². The Kier molecular flexibility index (Phi) is 4.60. The average Bonchev–Trinajstić information content (AvgIpc) is 3.18. The van der Waals surface area contributed by atoms with E-state index in [0.717, 1.165) is 78.8 Å². The Morgan fingerprint density at radius 2 is 1.61 bits per heavy atom. The third-order valence-electron chi connectivity index (χ3n) is 5.01. The van der Waals surface area contributed by atoms with Crippen LogP contribution < -0.4 is 5.32 Å². The van der Waals surface area contributed by atoms with Crippen molar-refractivity contribution in [3.63, 3.8) is 0 Å². The molecule has 0 radical (unpaired) electrons. The Morgan fingerprint density at radius 1 is 0.893 bits per heavy atom. The molecule has 0 amide bonds. The second kappa shape index (κ2) is 7.53. The average molecular weight is 374 g/mol. The maximum absolute atomic E-state index is 5.42. The summed E-state index contributed by atoms with van der Waals surface area (Å²) in [7, 11) is 0. The first-order valence-electron chi connectivity index (χ1n) is 9.63. The van der Waals surface area contributed by atoms with E-state index in [0.29, 0.717) is 0 Å². The number of hydrogen-bond acceptors (Lipinski definition) is 6. The highest BCUT2D eigenvalue weighted by molar-refractivity contribution is 5.85. The molecule has 2 N–H and O–H groups in total. The predicted molar refractivity (Wildman–Crippen MR) is 110 cm³/mol. The van der Waals surface area contributed by atoms with E-state index < -0.39 is 0 Å². The number of aromatic nitrogens is 4. The molecule has 7 nitrogen and oxygen atoms in total. The summed E-state index contributed by atoms with van der Waals surface area (Å²) in [5, 5.41) is 3.48. The molecular weight excluding hydrogens is 352 g/mol. The van der Waals surface area contributed by atoms with E-state index in [4.69, 9.17) is 19.7 Å². The number of benzene rings is 2. The van der Waals surface area contributed by atoms with Gasteiger partial charge < -0.3 is 15.0 Å². The zero-order chi connectivity index (χ0) is 18.8. The minimum atomic E-state index is 0.730. The summed E-state index contributed by atoms with van der Waals surface area (Å²) in [5.41, 5.74) is 4.39. The van der Waals surface area contributed by atoms with Gasteiger partial charge in [-0.2, -0.15) is 0 Å². The van der Waals surface area contributed by atoms with Gasteiger partial charge in [0.1, 0.15) is 5.69 Å². The number of fused-ring (bicyclic) bond motifs is 2. The summed E-state index contributed by atoms with van der Waals surface area (Å²) in [6, 6.07) is 15.9. The molecule has 3 heterocycles. The molecule has 28 heavy (non-hydrogen) atoms. The molecule has 1 aliphatic rings. The largest absolute Gasteiger partial charge is 0.379 e. The molecule has 0 bridgehead atoms. The van der Waals surface area contributed by atoms with Crippen LogP contribution in [0.1, 0.15) is 0 Å². The molecule has 0 saturated carbocycles. The van der Waals surface area contributed by atoms with Crippen molar-refractivity contribution < 1.29 is 4.74 Å². The zero-order valence-corrected chi connectivity index (χ0v) is 15.6. The Bertz CT molecular complexity index is 1070. The number of imidazole rings is 1. The lowest BCUT2D eigenvalue weighted by Crippen LogP contribution is -2.39. The number of ether oxygens (including phenoxy) is 1. The number of nitrogens with one attached hydrogen (secondary N) is 2. The van der Waals surface area contributed by atoms with Crippen LogP contribution in [0.4, 0.5) is 5.82 Å². The molecule has 5 rings (SSSR count). The lowest BCUT2D eigenvalue weighted by atomic mass is 10.2. The number of para-hydroxylation sites is 4. The van der Waals surface area contributed by atoms with Crippen molar-refractivity contribution in [1.29, 1.82) is 0 Å². The van der Waals surface area contributed by atoms with E-state index >= 15 is 0 Å². The second-order valence-corrected chi connectivity index (χ2v) is 6.89. The maximum atomic E-state index is 5.42. The first-order chi connectivity index (χ1) is 13.9. The highest BCUT2D eigenvalue weighted by atomic mass is 16.5. The summed E-state index contributed by atoms with van der Waals surface area (Å²) in [6.45, 7) is 5.29. The summed E-state index contributed by atoms with van der Waals surface area (Å²) < 4.78 is 5.42. The Hall–Kier alpha value is -3.03. The third-order valence-corrected chi connectivity index (χ3v) is 5.01. The molecule has 0 spiro atoms. The van der Waals surface area contributed by atoms with Crippen LogP contribution in [0.3, 0.4) is 0 Å². The maximum Gasteiger partial charge on any atom is 0.161 e. The van der Waals surface area contributed by atoms with Crippen molar-refractivity contribution in [1.82, 2.24) is 24.8 Å². The van der Waals surface area contributed by atoms with Gasteiger partial charge in [-0.1, -0.05) is 24.3 Å². The number of rotatable bonds is 5. The number of H-pyrrole nitrogens is 1. The van der Waals surface area contributed by atoms with Crippen molar-refractivity contribution in [3.8, 4) is 11.5 Å². The van der Waals surface area contributed by atoms with Gasteiger partial charge in [0.15, 0.2) is 11.6 Å². The minimum Gasteiger partial charge on any atom is -0.379 e. The van der Waals surface area contributed by atoms with Gasteiger partial charge in [-0.05, 0) is 24.3 Å². The van der Waals surface area contributed by atoms with Gasteiger partial charge in [0.05, 0.1) is 35.3 Å². The summed E-state index contributed by atoms with van der Waals surface area (Å²) in [4.78, 5) is 20.2. The fraction of sp³-hybridized carbons (Fsp3) is 0.286. The van der Waals surface area contributed by atoms with E-state index in [1.807, 2.05) is 48.5 Å². The third kappa shape index (κ3) is 3.42. The minimum absolute atomic E-state index is 0.730. The van der Waals surface area contributed by atoms with Crippen LogP contribution in [0.2, 0.25) is 0 Å². The van der Waals surface area contributed by atoms with E-state index in [9.17, 15) is 0 Å². The van der Waals surface area contributed by atoms with E-state index in [1.165, 1.54) is 0 Å². The Morgan fingerprint density at radius 3 is 2.39 bits per heavy atom. The van der Waals surface area contributed by atoms with Gasteiger partial charge in [0.25, 0.3) is 0 Å². The van der Waals surface area contributed by atoms with Crippen molar-refractivity contribution in [3.05, 3.63) is 48.5 Å². The molecular formula is C21H22N6O. The van der Waals surface area contributed by atoms with Gasteiger partial charge in [-0.15, -0.1) is 0 Å². The first kappa shape index (κ1) is 17.1. The first-order valence-corrected chi connectivity index (χ1v) is 9.63. The van der Waals surface area contributed by atoms with Crippen LogP contribution in [0.25, 0.3) is 33.6 Å². The quantitative estimate of drug-likeness (QED) is 0.559.